The summed E-state index contributed by atoms with van der Waals surface area (Å²) in [6.07, 6.45) is 0.957. The van der Waals surface area contributed by atoms with Gasteiger partial charge in [0.15, 0.2) is 11.4 Å². The normalized spacial score (nSPS) is 18.6. The van der Waals surface area contributed by atoms with Gasteiger partial charge in [0.05, 0.1) is 24.9 Å². The number of benzene rings is 2. The Hall–Kier alpha value is -2.89. The summed E-state index contributed by atoms with van der Waals surface area (Å²) in [6, 6.07) is 17.4. The van der Waals surface area contributed by atoms with E-state index in [0.717, 1.165) is 5.56 Å². The molecule has 0 fully saturated rings. The van der Waals surface area contributed by atoms with Crippen LogP contribution in [0.5, 0.6) is 0 Å². The first-order chi connectivity index (χ1) is 13.0. The molecule has 0 unspecified atom stereocenters. The van der Waals surface area contributed by atoms with Crippen LogP contribution in [0, 0.1) is 0 Å². The van der Waals surface area contributed by atoms with Crippen molar-refractivity contribution in [3.8, 4) is 0 Å². The fourth-order valence-corrected chi connectivity index (χ4v) is 3.55. The van der Waals surface area contributed by atoms with Crippen molar-refractivity contribution in [2.75, 3.05) is 4.90 Å². The second kappa shape index (κ2) is 6.68. The number of carbonyl (C=O) groups is 2. The molecule has 27 heavy (non-hydrogen) atoms. The number of aliphatic hydroxyl groups is 1. The Morgan fingerprint density at radius 3 is 2.59 bits per heavy atom. The summed E-state index contributed by atoms with van der Waals surface area (Å²) in [5, 5.41) is 11.6. The molecule has 0 radical (unpaired) electrons. The average molecular weight is 382 g/mol. The minimum atomic E-state index is -1.99. The molecule has 136 valence electrons. The highest BCUT2D eigenvalue weighted by molar-refractivity contribution is 6.31. The molecule has 6 heteroatoms. The molecule has 3 aromatic rings. The van der Waals surface area contributed by atoms with Crippen LogP contribution in [0.4, 0.5) is 5.69 Å². The lowest BCUT2D eigenvalue weighted by atomic mass is 9.89. The highest BCUT2D eigenvalue weighted by Crippen LogP contribution is 2.44. The molecule has 0 aliphatic carbocycles. The topological polar surface area (TPSA) is 70.8 Å². The van der Waals surface area contributed by atoms with Crippen LogP contribution in [0.2, 0.25) is 5.02 Å². The molecule has 0 bridgehead atoms. The van der Waals surface area contributed by atoms with Crippen molar-refractivity contribution in [1.29, 1.82) is 0 Å². The number of hydrogen-bond acceptors (Lipinski definition) is 4. The third-order valence-corrected chi connectivity index (χ3v) is 4.92. The Balaban J connectivity index is 1.73. The summed E-state index contributed by atoms with van der Waals surface area (Å²) < 4.78 is 5.11. The lowest BCUT2D eigenvalue weighted by Gasteiger charge is -2.22. The van der Waals surface area contributed by atoms with Gasteiger partial charge >= 0.3 is 0 Å². The Bertz CT molecular complexity index is 1000. The molecule has 4 rings (SSSR count). The molecule has 2 heterocycles. The lowest BCUT2D eigenvalue weighted by Crippen LogP contribution is -2.41. The molecule has 1 aliphatic rings. The van der Waals surface area contributed by atoms with Gasteiger partial charge in [0.1, 0.15) is 0 Å². The SMILES string of the molecule is O=C(C[C@@]1(O)C(=O)N(Cc2ccccc2)c2ccc(Cl)cc21)c1ccco1. The van der Waals surface area contributed by atoms with Gasteiger partial charge in [-0.2, -0.15) is 0 Å². The first-order valence-corrected chi connectivity index (χ1v) is 8.82. The van der Waals surface area contributed by atoms with Crippen LogP contribution in [0.1, 0.15) is 28.1 Å². The minimum Gasteiger partial charge on any atom is -0.461 e. The van der Waals surface area contributed by atoms with Gasteiger partial charge in [0.2, 0.25) is 5.78 Å². The summed E-state index contributed by atoms with van der Waals surface area (Å²) in [5.41, 5.74) is -0.203. The fourth-order valence-electron chi connectivity index (χ4n) is 3.37. The van der Waals surface area contributed by atoms with E-state index in [9.17, 15) is 14.7 Å². The van der Waals surface area contributed by atoms with Crippen molar-refractivity contribution < 1.29 is 19.1 Å². The van der Waals surface area contributed by atoms with Gasteiger partial charge in [-0.3, -0.25) is 9.59 Å². The first kappa shape index (κ1) is 17.5. The van der Waals surface area contributed by atoms with Gasteiger partial charge in [-0.1, -0.05) is 41.9 Å². The van der Waals surface area contributed by atoms with Gasteiger partial charge in [0.25, 0.3) is 5.91 Å². The molecule has 1 amide bonds. The molecule has 0 saturated heterocycles. The number of anilines is 1. The van der Waals surface area contributed by atoms with Crippen LogP contribution in [-0.2, 0) is 16.9 Å². The largest absolute Gasteiger partial charge is 0.461 e. The van der Waals surface area contributed by atoms with E-state index < -0.39 is 23.7 Å². The third-order valence-electron chi connectivity index (χ3n) is 4.69. The highest BCUT2D eigenvalue weighted by atomic mass is 35.5. The van der Waals surface area contributed by atoms with Crippen molar-refractivity contribution in [2.45, 2.75) is 18.6 Å². The van der Waals surface area contributed by atoms with E-state index in [2.05, 4.69) is 0 Å². The van der Waals surface area contributed by atoms with Crippen LogP contribution in [0.3, 0.4) is 0 Å². The predicted molar refractivity (Wildman–Crippen MR) is 101 cm³/mol. The summed E-state index contributed by atoms with van der Waals surface area (Å²) in [7, 11) is 0. The van der Waals surface area contributed by atoms with Crippen molar-refractivity contribution in [2.24, 2.45) is 0 Å². The zero-order valence-corrected chi connectivity index (χ0v) is 15.0. The van der Waals surface area contributed by atoms with E-state index in [0.29, 0.717) is 16.3 Å². The number of ketones is 1. The average Bonchev–Trinajstić information content (AvgIpc) is 3.26. The predicted octanol–water partition coefficient (Wildman–Crippen LogP) is 3.94. The molecule has 1 aliphatic heterocycles. The van der Waals surface area contributed by atoms with Crippen molar-refractivity contribution in [1.82, 2.24) is 0 Å². The van der Waals surface area contributed by atoms with Gasteiger partial charge < -0.3 is 14.4 Å². The maximum Gasteiger partial charge on any atom is 0.264 e. The molecule has 2 aromatic carbocycles. The quantitative estimate of drug-likeness (QED) is 0.679. The number of Topliss-reactive ketones (excluding diaryl/α,β-unsaturated/α-hetero) is 1. The molecule has 1 aromatic heterocycles. The Labute approximate surface area is 160 Å². The fraction of sp³-hybridized carbons (Fsp3) is 0.143. The number of carbonyl (C=O) groups excluding carboxylic acids is 2. The monoisotopic (exact) mass is 381 g/mol. The summed E-state index contributed by atoms with van der Waals surface area (Å²) in [5.74, 6) is -0.909. The van der Waals surface area contributed by atoms with E-state index in [1.165, 1.54) is 23.3 Å². The van der Waals surface area contributed by atoms with E-state index in [1.54, 1.807) is 18.2 Å². The summed E-state index contributed by atoms with van der Waals surface area (Å²) in [6.45, 7) is 0.283. The van der Waals surface area contributed by atoms with E-state index in [-0.39, 0.29) is 12.3 Å². The number of furan rings is 1. The van der Waals surface area contributed by atoms with Crippen LogP contribution in [-0.4, -0.2) is 16.8 Å². The van der Waals surface area contributed by atoms with E-state index in [1.807, 2.05) is 30.3 Å². The Kier molecular flexibility index (Phi) is 4.34. The summed E-state index contributed by atoms with van der Waals surface area (Å²) >= 11 is 6.10. The van der Waals surface area contributed by atoms with Crippen LogP contribution < -0.4 is 4.90 Å². The van der Waals surface area contributed by atoms with Crippen molar-refractivity contribution in [3.05, 3.63) is 88.8 Å². The number of nitrogens with zero attached hydrogens (tertiary/aromatic N) is 1. The van der Waals surface area contributed by atoms with E-state index >= 15 is 0 Å². The maximum absolute atomic E-state index is 13.2. The molecular weight excluding hydrogens is 366 g/mol. The van der Waals surface area contributed by atoms with Gasteiger partial charge in [-0.25, -0.2) is 0 Å². The molecule has 5 nitrogen and oxygen atoms in total. The number of amides is 1. The van der Waals surface area contributed by atoms with Gasteiger partial charge in [-0.15, -0.1) is 0 Å². The van der Waals surface area contributed by atoms with Crippen LogP contribution in [0.15, 0.2) is 71.3 Å². The van der Waals surface area contributed by atoms with Gasteiger partial charge in [0, 0.05) is 10.6 Å². The van der Waals surface area contributed by atoms with Crippen LogP contribution in [0.25, 0.3) is 0 Å². The van der Waals surface area contributed by atoms with Crippen molar-refractivity contribution >= 4 is 29.0 Å². The molecule has 1 N–H and O–H groups in total. The maximum atomic E-state index is 13.2. The second-order valence-corrected chi connectivity index (χ2v) is 6.91. The number of halogens is 1. The first-order valence-electron chi connectivity index (χ1n) is 8.44. The minimum absolute atomic E-state index is 0.0984. The third kappa shape index (κ3) is 3.05. The lowest BCUT2D eigenvalue weighted by molar-refractivity contribution is -0.136. The van der Waals surface area contributed by atoms with Gasteiger partial charge in [-0.05, 0) is 35.9 Å². The highest BCUT2D eigenvalue weighted by Gasteiger charge is 2.51. The zero-order valence-electron chi connectivity index (χ0n) is 14.3. The Morgan fingerprint density at radius 1 is 1.11 bits per heavy atom. The van der Waals surface area contributed by atoms with Crippen LogP contribution >= 0.6 is 11.6 Å². The standard InChI is InChI=1S/C21H16ClNO4/c22-15-8-9-17-16(11-15)21(26,12-18(24)19-7-4-10-27-19)20(25)23(17)13-14-5-2-1-3-6-14/h1-11,26H,12-13H2/t21-/m0/s1. The molecule has 0 saturated carbocycles. The number of fused-ring (bicyclic) bond motifs is 1. The second-order valence-electron chi connectivity index (χ2n) is 6.48. The van der Waals surface area contributed by atoms with Crippen molar-refractivity contribution in [3.63, 3.8) is 0 Å². The number of hydrogen-bond donors (Lipinski definition) is 1. The Morgan fingerprint density at radius 2 is 1.89 bits per heavy atom. The molecular formula is C21H16ClNO4. The molecule has 0 spiro atoms. The summed E-state index contributed by atoms with van der Waals surface area (Å²) in [4.78, 5) is 27.2. The number of rotatable bonds is 5. The zero-order chi connectivity index (χ0) is 19.0. The smallest absolute Gasteiger partial charge is 0.264 e. The van der Waals surface area contributed by atoms with E-state index in [4.69, 9.17) is 16.0 Å². The molecule has 1 atom stereocenters.